The summed E-state index contributed by atoms with van der Waals surface area (Å²) in [6.45, 7) is 4.08. The van der Waals surface area contributed by atoms with Crippen molar-refractivity contribution in [1.29, 1.82) is 0 Å². The van der Waals surface area contributed by atoms with Crippen molar-refractivity contribution in [3.05, 3.63) is 39.7 Å². The molecule has 0 saturated heterocycles. The predicted molar refractivity (Wildman–Crippen MR) is 88.8 cm³/mol. The van der Waals surface area contributed by atoms with Crippen LogP contribution in [0, 0.1) is 6.92 Å². The number of nitrogens with two attached hydrogens (primary N) is 1. The van der Waals surface area contributed by atoms with E-state index in [4.69, 9.17) is 14.9 Å². The molecule has 0 aliphatic rings. The van der Waals surface area contributed by atoms with Gasteiger partial charge >= 0.3 is 5.63 Å². The Labute approximate surface area is 134 Å². The van der Waals surface area contributed by atoms with Gasteiger partial charge in [0, 0.05) is 36.0 Å². The van der Waals surface area contributed by atoms with Crippen molar-refractivity contribution < 1.29 is 13.9 Å². The smallest absolute Gasteiger partial charge is 0.339 e. The van der Waals surface area contributed by atoms with Crippen LogP contribution in [0.5, 0.6) is 5.75 Å². The van der Waals surface area contributed by atoms with Crippen LogP contribution in [0.4, 0.5) is 0 Å². The highest BCUT2D eigenvalue weighted by atomic mass is 16.5. The highest BCUT2D eigenvalue weighted by molar-refractivity contribution is 5.82. The molecule has 1 amide bonds. The zero-order valence-electron chi connectivity index (χ0n) is 13.6. The minimum absolute atomic E-state index is 0.0796. The number of carbonyl (C=O) groups is 1. The number of methoxy groups -OCH3 is 1. The van der Waals surface area contributed by atoms with E-state index >= 15 is 0 Å². The van der Waals surface area contributed by atoms with Crippen LogP contribution in [0.3, 0.4) is 0 Å². The topological polar surface area (TPSA) is 94.6 Å². The molecule has 0 aliphatic heterocycles. The average Bonchev–Trinajstić information content (AvgIpc) is 2.53. The fourth-order valence-electron chi connectivity index (χ4n) is 2.44. The van der Waals surface area contributed by atoms with Gasteiger partial charge in [-0.1, -0.05) is 0 Å². The molecule has 2 aromatic rings. The number of aryl methyl sites for hydroxylation is 1. The lowest BCUT2D eigenvalue weighted by atomic mass is 10.0. The third-order valence-corrected chi connectivity index (χ3v) is 3.86. The first-order valence-electron chi connectivity index (χ1n) is 7.56. The van der Waals surface area contributed by atoms with E-state index < -0.39 is 5.63 Å². The molecule has 23 heavy (non-hydrogen) atoms. The fourth-order valence-corrected chi connectivity index (χ4v) is 2.44. The maximum Gasteiger partial charge on any atom is 0.339 e. The van der Waals surface area contributed by atoms with Gasteiger partial charge in [-0.2, -0.15) is 0 Å². The minimum Gasteiger partial charge on any atom is -0.497 e. The fraction of sp³-hybridized carbons (Fsp3) is 0.412. The van der Waals surface area contributed by atoms with Gasteiger partial charge in [-0.15, -0.1) is 0 Å². The lowest BCUT2D eigenvalue weighted by Gasteiger charge is -2.12. The predicted octanol–water partition coefficient (Wildman–Crippen LogP) is 1.51. The summed E-state index contributed by atoms with van der Waals surface area (Å²) in [6.07, 6.45) is 0.552. The van der Waals surface area contributed by atoms with E-state index in [1.165, 1.54) is 0 Å². The van der Waals surface area contributed by atoms with Gasteiger partial charge in [0.05, 0.1) is 7.11 Å². The largest absolute Gasteiger partial charge is 0.497 e. The van der Waals surface area contributed by atoms with Gasteiger partial charge in [0.2, 0.25) is 5.91 Å². The summed E-state index contributed by atoms with van der Waals surface area (Å²) in [7, 11) is 1.56. The molecule has 2 rings (SSSR count). The normalized spacial score (nSPS) is 12.2. The molecule has 0 fully saturated rings. The Morgan fingerprint density at radius 3 is 2.83 bits per heavy atom. The van der Waals surface area contributed by atoms with Gasteiger partial charge in [0.15, 0.2) is 0 Å². The van der Waals surface area contributed by atoms with E-state index in [1.807, 2.05) is 26.0 Å². The molecule has 124 valence electrons. The molecule has 1 aromatic heterocycles. The summed E-state index contributed by atoms with van der Waals surface area (Å²) < 4.78 is 10.5. The molecular weight excluding hydrogens is 296 g/mol. The number of hydrogen-bond donors (Lipinski definition) is 2. The van der Waals surface area contributed by atoms with E-state index in [9.17, 15) is 9.59 Å². The monoisotopic (exact) mass is 318 g/mol. The third kappa shape index (κ3) is 3.90. The summed E-state index contributed by atoms with van der Waals surface area (Å²) in [6, 6.07) is 5.27. The van der Waals surface area contributed by atoms with Crippen LogP contribution in [0.15, 0.2) is 27.4 Å². The zero-order chi connectivity index (χ0) is 17.0. The maximum atomic E-state index is 12.2. The Balaban J connectivity index is 2.24. The first-order valence-corrected chi connectivity index (χ1v) is 7.56. The molecule has 0 unspecified atom stereocenters. The van der Waals surface area contributed by atoms with Crippen LogP contribution in [0.1, 0.15) is 24.5 Å². The van der Waals surface area contributed by atoms with Crippen LogP contribution < -0.4 is 21.4 Å². The Morgan fingerprint density at radius 1 is 1.43 bits per heavy atom. The SMILES string of the molecule is COc1ccc2c(C)c(CCC(=O)N[C@@H](C)CN)c(=O)oc2c1. The highest BCUT2D eigenvalue weighted by Crippen LogP contribution is 2.24. The Bertz CT molecular complexity index is 767. The van der Waals surface area contributed by atoms with Crippen LogP contribution in [0.25, 0.3) is 11.0 Å². The molecule has 1 atom stereocenters. The summed E-state index contributed by atoms with van der Waals surface area (Å²) >= 11 is 0. The van der Waals surface area contributed by atoms with Crippen molar-refractivity contribution in [2.24, 2.45) is 5.73 Å². The third-order valence-electron chi connectivity index (χ3n) is 3.86. The first-order chi connectivity index (χ1) is 11.0. The van der Waals surface area contributed by atoms with Gasteiger partial charge in [0.25, 0.3) is 0 Å². The number of rotatable bonds is 6. The van der Waals surface area contributed by atoms with Gasteiger partial charge < -0.3 is 20.2 Å². The Kier molecular flexibility index (Phi) is 5.39. The molecule has 6 heteroatoms. The van der Waals surface area contributed by atoms with E-state index in [2.05, 4.69) is 5.32 Å². The molecule has 1 heterocycles. The van der Waals surface area contributed by atoms with Gasteiger partial charge in [-0.3, -0.25) is 4.79 Å². The molecule has 0 bridgehead atoms. The second-order valence-corrected chi connectivity index (χ2v) is 5.56. The maximum absolute atomic E-state index is 12.2. The van der Waals surface area contributed by atoms with Gasteiger partial charge in [-0.05, 0) is 38.0 Å². The van der Waals surface area contributed by atoms with Crippen LogP contribution in [-0.4, -0.2) is 25.6 Å². The van der Waals surface area contributed by atoms with Crippen LogP contribution in [-0.2, 0) is 11.2 Å². The summed E-state index contributed by atoms with van der Waals surface area (Å²) in [4.78, 5) is 24.0. The van der Waals surface area contributed by atoms with Crippen molar-refractivity contribution in [3.8, 4) is 5.75 Å². The summed E-state index contributed by atoms with van der Waals surface area (Å²) in [5.74, 6) is 0.500. The molecule has 0 spiro atoms. The Morgan fingerprint density at radius 2 is 2.17 bits per heavy atom. The highest BCUT2D eigenvalue weighted by Gasteiger charge is 2.14. The zero-order valence-corrected chi connectivity index (χ0v) is 13.6. The van der Waals surface area contributed by atoms with E-state index in [1.54, 1.807) is 13.2 Å². The average molecular weight is 318 g/mol. The standard InChI is InChI=1S/C17H22N2O4/c1-10(9-18)19-16(20)7-6-14-11(2)13-5-4-12(22-3)8-15(13)23-17(14)21/h4-5,8,10H,6-7,9,18H2,1-3H3,(H,19,20)/t10-/m0/s1. The lowest BCUT2D eigenvalue weighted by molar-refractivity contribution is -0.121. The number of hydrogen-bond acceptors (Lipinski definition) is 5. The quantitative estimate of drug-likeness (QED) is 0.787. The van der Waals surface area contributed by atoms with Crippen LogP contribution >= 0.6 is 0 Å². The van der Waals surface area contributed by atoms with E-state index in [0.717, 1.165) is 10.9 Å². The van der Waals surface area contributed by atoms with Crippen molar-refractivity contribution in [2.75, 3.05) is 13.7 Å². The van der Waals surface area contributed by atoms with Crippen molar-refractivity contribution in [2.45, 2.75) is 32.7 Å². The first kappa shape index (κ1) is 17.0. The number of fused-ring (bicyclic) bond motifs is 1. The molecule has 6 nitrogen and oxygen atoms in total. The number of nitrogens with one attached hydrogen (secondary N) is 1. The molecule has 0 saturated carbocycles. The number of benzene rings is 1. The molecule has 0 aliphatic carbocycles. The van der Waals surface area contributed by atoms with Crippen molar-refractivity contribution in [3.63, 3.8) is 0 Å². The number of carbonyl (C=O) groups excluding carboxylic acids is 1. The van der Waals surface area contributed by atoms with Crippen molar-refractivity contribution >= 4 is 16.9 Å². The summed E-state index contributed by atoms with van der Waals surface area (Å²) in [5.41, 5.74) is 6.90. The lowest BCUT2D eigenvalue weighted by Crippen LogP contribution is -2.38. The second kappa shape index (κ2) is 7.28. The van der Waals surface area contributed by atoms with Crippen molar-refractivity contribution in [1.82, 2.24) is 5.32 Å². The molecule has 3 N–H and O–H groups in total. The summed E-state index contributed by atoms with van der Waals surface area (Å²) in [5, 5.41) is 3.62. The van der Waals surface area contributed by atoms with E-state index in [-0.39, 0.29) is 18.4 Å². The number of amides is 1. The van der Waals surface area contributed by atoms with Gasteiger partial charge in [0.1, 0.15) is 11.3 Å². The second-order valence-electron chi connectivity index (χ2n) is 5.56. The van der Waals surface area contributed by atoms with Crippen LogP contribution in [0.2, 0.25) is 0 Å². The molecule has 0 radical (unpaired) electrons. The molecule has 1 aromatic carbocycles. The minimum atomic E-state index is -0.414. The van der Waals surface area contributed by atoms with Gasteiger partial charge in [-0.25, -0.2) is 4.79 Å². The number of ether oxygens (including phenoxy) is 1. The molecular formula is C17H22N2O4. The van der Waals surface area contributed by atoms with E-state index in [0.29, 0.717) is 29.9 Å². The Hall–Kier alpha value is -2.34.